The van der Waals surface area contributed by atoms with Gasteiger partial charge < -0.3 is 5.32 Å². The van der Waals surface area contributed by atoms with Crippen LogP contribution in [0.2, 0.25) is 0 Å². The van der Waals surface area contributed by atoms with Gasteiger partial charge in [-0.2, -0.15) is 11.8 Å². The quantitative estimate of drug-likeness (QED) is 0.754. The van der Waals surface area contributed by atoms with E-state index in [2.05, 4.69) is 37.2 Å². The van der Waals surface area contributed by atoms with E-state index >= 15 is 0 Å². The summed E-state index contributed by atoms with van der Waals surface area (Å²) in [5, 5.41) is 4.73. The highest BCUT2D eigenvalue weighted by molar-refractivity contribution is 7.99. The first-order valence-corrected chi connectivity index (χ1v) is 7.37. The Morgan fingerprint density at radius 1 is 1.14 bits per heavy atom. The Balaban J connectivity index is 2.21. The van der Waals surface area contributed by atoms with Crippen molar-refractivity contribution >= 4 is 11.8 Å². The topological polar surface area (TPSA) is 12.0 Å². The fourth-order valence-electron chi connectivity index (χ4n) is 2.32. The van der Waals surface area contributed by atoms with E-state index in [1.807, 2.05) is 0 Å². The Morgan fingerprint density at radius 2 is 1.71 bits per heavy atom. The molecule has 0 unspecified atom stereocenters. The molecule has 0 heterocycles. The summed E-state index contributed by atoms with van der Waals surface area (Å²) in [6.45, 7) is 4.57. The van der Waals surface area contributed by atoms with Crippen molar-refractivity contribution in [2.75, 3.05) is 6.26 Å². The van der Waals surface area contributed by atoms with Crippen molar-refractivity contribution in [2.24, 2.45) is 0 Å². The summed E-state index contributed by atoms with van der Waals surface area (Å²) < 4.78 is 0. The molecule has 0 aromatic carbocycles. The zero-order chi connectivity index (χ0) is 10.4. The van der Waals surface area contributed by atoms with Gasteiger partial charge in [0.1, 0.15) is 0 Å². The molecule has 2 heteroatoms. The minimum absolute atomic E-state index is 0.755. The van der Waals surface area contributed by atoms with Gasteiger partial charge in [0.15, 0.2) is 0 Å². The second-order valence-electron chi connectivity index (χ2n) is 4.39. The van der Waals surface area contributed by atoms with Crippen molar-refractivity contribution in [1.29, 1.82) is 0 Å². The van der Waals surface area contributed by atoms with Crippen molar-refractivity contribution in [1.82, 2.24) is 5.32 Å². The first-order valence-electron chi connectivity index (χ1n) is 6.09. The van der Waals surface area contributed by atoms with Crippen molar-refractivity contribution in [3.8, 4) is 0 Å². The number of thioether (sulfide) groups is 1. The maximum absolute atomic E-state index is 3.79. The van der Waals surface area contributed by atoms with Crippen LogP contribution in [0.15, 0.2) is 0 Å². The standard InChI is InChI=1S/C12H25NS/c1-4-10(5-2)13-11-6-8-12(14-3)9-7-11/h10-13H,4-9H2,1-3H3. The van der Waals surface area contributed by atoms with Gasteiger partial charge in [-0.15, -0.1) is 0 Å². The first-order chi connectivity index (χ1) is 6.80. The molecule has 0 aromatic heterocycles. The van der Waals surface area contributed by atoms with Crippen molar-refractivity contribution < 1.29 is 0 Å². The summed E-state index contributed by atoms with van der Waals surface area (Å²) >= 11 is 2.05. The van der Waals surface area contributed by atoms with Gasteiger partial charge in [-0.3, -0.25) is 0 Å². The molecule has 1 fully saturated rings. The zero-order valence-corrected chi connectivity index (χ0v) is 10.7. The Morgan fingerprint density at radius 3 is 2.14 bits per heavy atom. The predicted octanol–water partition coefficient (Wildman–Crippen LogP) is 3.44. The Labute approximate surface area is 93.4 Å². The minimum atomic E-state index is 0.755. The third-order valence-corrected chi connectivity index (χ3v) is 4.60. The molecule has 0 bridgehead atoms. The average Bonchev–Trinajstić information content (AvgIpc) is 2.26. The van der Waals surface area contributed by atoms with Gasteiger partial charge >= 0.3 is 0 Å². The molecular weight excluding hydrogens is 190 g/mol. The molecule has 0 radical (unpaired) electrons. The van der Waals surface area contributed by atoms with Gasteiger partial charge in [0.2, 0.25) is 0 Å². The van der Waals surface area contributed by atoms with Gasteiger partial charge in [0.05, 0.1) is 0 Å². The highest BCUT2D eigenvalue weighted by atomic mass is 32.2. The predicted molar refractivity (Wildman–Crippen MR) is 67.1 cm³/mol. The summed E-state index contributed by atoms with van der Waals surface area (Å²) in [5.74, 6) is 0. The molecule has 0 atom stereocenters. The van der Waals surface area contributed by atoms with E-state index < -0.39 is 0 Å². The van der Waals surface area contributed by atoms with Crippen molar-refractivity contribution in [3.05, 3.63) is 0 Å². The molecule has 0 aromatic rings. The molecule has 0 amide bonds. The van der Waals surface area contributed by atoms with Gasteiger partial charge in [0, 0.05) is 17.3 Å². The van der Waals surface area contributed by atoms with Crippen molar-refractivity contribution in [3.63, 3.8) is 0 Å². The normalized spacial score (nSPS) is 28.3. The van der Waals surface area contributed by atoms with Crippen LogP contribution in [0.25, 0.3) is 0 Å². The van der Waals surface area contributed by atoms with E-state index in [0.717, 1.165) is 17.3 Å². The summed E-state index contributed by atoms with van der Waals surface area (Å²) in [4.78, 5) is 0. The fraction of sp³-hybridized carbons (Fsp3) is 1.00. The lowest BCUT2D eigenvalue weighted by Crippen LogP contribution is -2.40. The molecule has 14 heavy (non-hydrogen) atoms. The van der Waals surface area contributed by atoms with Gasteiger partial charge in [-0.25, -0.2) is 0 Å². The molecule has 0 aliphatic heterocycles. The molecule has 0 saturated heterocycles. The summed E-state index contributed by atoms with van der Waals surface area (Å²) in [6, 6.07) is 1.56. The number of nitrogens with one attached hydrogen (secondary N) is 1. The molecule has 1 nitrogen and oxygen atoms in total. The monoisotopic (exact) mass is 215 g/mol. The largest absolute Gasteiger partial charge is 0.311 e. The van der Waals surface area contributed by atoms with E-state index in [1.54, 1.807) is 0 Å². The second kappa shape index (κ2) is 6.73. The van der Waals surface area contributed by atoms with Gasteiger partial charge in [-0.05, 0) is 44.8 Å². The molecule has 1 aliphatic rings. The van der Waals surface area contributed by atoms with E-state index in [0.29, 0.717) is 0 Å². The van der Waals surface area contributed by atoms with Crippen LogP contribution in [-0.2, 0) is 0 Å². The van der Waals surface area contributed by atoms with E-state index in [4.69, 9.17) is 0 Å². The van der Waals surface area contributed by atoms with Crippen LogP contribution >= 0.6 is 11.8 Å². The fourth-order valence-corrected chi connectivity index (χ4v) is 3.07. The van der Waals surface area contributed by atoms with E-state index in [1.165, 1.54) is 38.5 Å². The third-order valence-electron chi connectivity index (χ3n) is 3.46. The zero-order valence-electron chi connectivity index (χ0n) is 9.88. The lowest BCUT2D eigenvalue weighted by Gasteiger charge is -2.31. The van der Waals surface area contributed by atoms with Gasteiger partial charge in [-0.1, -0.05) is 13.8 Å². The van der Waals surface area contributed by atoms with Crippen LogP contribution in [-0.4, -0.2) is 23.6 Å². The van der Waals surface area contributed by atoms with E-state index in [9.17, 15) is 0 Å². The van der Waals surface area contributed by atoms with Crippen molar-refractivity contribution in [2.45, 2.75) is 69.7 Å². The molecule has 84 valence electrons. The maximum atomic E-state index is 3.79. The Kier molecular flexibility index (Phi) is 5.95. The van der Waals surface area contributed by atoms with Crippen LogP contribution < -0.4 is 5.32 Å². The van der Waals surface area contributed by atoms with E-state index in [-0.39, 0.29) is 0 Å². The molecule has 1 N–H and O–H groups in total. The average molecular weight is 215 g/mol. The Hall–Kier alpha value is 0.310. The van der Waals surface area contributed by atoms with Gasteiger partial charge in [0.25, 0.3) is 0 Å². The minimum Gasteiger partial charge on any atom is -0.311 e. The van der Waals surface area contributed by atoms with Crippen LogP contribution in [0.5, 0.6) is 0 Å². The second-order valence-corrected chi connectivity index (χ2v) is 5.53. The highest BCUT2D eigenvalue weighted by Crippen LogP contribution is 2.27. The molecule has 1 rings (SSSR count). The third kappa shape index (κ3) is 3.82. The summed E-state index contributed by atoms with van der Waals surface area (Å²) in [6.07, 6.45) is 10.4. The molecular formula is C12H25NS. The molecule has 1 aliphatic carbocycles. The summed E-state index contributed by atoms with van der Waals surface area (Å²) in [7, 11) is 0. The van der Waals surface area contributed by atoms with Crippen LogP contribution in [0.1, 0.15) is 52.4 Å². The summed E-state index contributed by atoms with van der Waals surface area (Å²) in [5.41, 5.74) is 0. The number of hydrogen-bond acceptors (Lipinski definition) is 2. The number of rotatable bonds is 5. The highest BCUT2D eigenvalue weighted by Gasteiger charge is 2.21. The maximum Gasteiger partial charge on any atom is 0.00704 e. The lowest BCUT2D eigenvalue weighted by molar-refractivity contribution is 0.331. The molecule has 0 spiro atoms. The van der Waals surface area contributed by atoms with Crippen LogP contribution in [0.4, 0.5) is 0 Å². The molecule has 1 saturated carbocycles. The van der Waals surface area contributed by atoms with Crippen LogP contribution in [0.3, 0.4) is 0 Å². The Bertz CT molecular complexity index is 137. The first kappa shape index (κ1) is 12.4. The SMILES string of the molecule is CCC(CC)NC1CCC(SC)CC1. The lowest BCUT2D eigenvalue weighted by atomic mass is 9.94. The smallest absolute Gasteiger partial charge is 0.00704 e. The van der Waals surface area contributed by atoms with Crippen LogP contribution in [0, 0.1) is 0 Å². The number of hydrogen-bond donors (Lipinski definition) is 1.